The Bertz CT molecular complexity index is 247. The van der Waals surface area contributed by atoms with E-state index in [9.17, 15) is 9.90 Å². The molecule has 0 bridgehead atoms. The van der Waals surface area contributed by atoms with E-state index in [1.165, 1.54) is 0 Å². The van der Waals surface area contributed by atoms with Gasteiger partial charge in [0.25, 0.3) is 0 Å². The van der Waals surface area contributed by atoms with Gasteiger partial charge in [0, 0.05) is 6.54 Å². The molecule has 0 aromatic heterocycles. The van der Waals surface area contributed by atoms with Crippen molar-refractivity contribution in [3.05, 3.63) is 12.7 Å². The number of amides is 1. The maximum atomic E-state index is 11.4. The van der Waals surface area contributed by atoms with Gasteiger partial charge in [0.15, 0.2) is 0 Å². The van der Waals surface area contributed by atoms with E-state index >= 15 is 0 Å². The summed E-state index contributed by atoms with van der Waals surface area (Å²) in [6.45, 7) is 4.03. The number of β-amino-alcohol motifs (C(OH)–C–C–N with tert-alkyl or cyclic N) is 1. The van der Waals surface area contributed by atoms with Gasteiger partial charge in [0.2, 0.25) is 5.91 Å². The number of primary amides is 1. The molecule has 1 aliphatic rings. The van der Waals surface area contributed by atoms with Crippen molar-refractivity contribution < 1.29 is 9.90 Å². The van der Waals surface area contributed by atoms with Crippen LogP contribution in [-0.2, 0) is 4.79 Å². The van der Waals surface area contributed by atoms with Gasteiger partial charge in [0.1, 0.15) is 0 Å². The molecule has 0 radical (unpaired) electrons. The van der Waals surface area contributed by atoms with Crippen molar-refractivity contribution in [2.45, 2.75) is 50.2 Å². The first-order chi connectivity index (χ1) is 7.60. The zero-order chi connectivity index (χ0) is 12.0. The van der Waals surface area contributed by atoms with E-state index in [1.54, 1.807) is 6.08 Å². The summed E-state index contributed by atoms with van der Waals surface area (Å²) in [4.78, 5) is 11.4. The van der Waals surface area contributed by atoms with Gasteiger partial charge in [0.05, 0.1) is 11.6 Å². The molecule has 1 unspecified atom stereocenters. The fraction of sp³-hybridized carbons (Fsp3) is 0.750. The topological polar surface area (TPSA) is 75.3 Å². The Kier molecular flexibility index (Phi) is 4.96. The van der Waals surface area contributed by atoms with Crippen LogP contribution in [0.3, 0.4) is 0 Å². The van der Waals surface area contributed by atoms with Crippen LogP contribution in [0.15, 0.2) is 12.7 Å². The lowest BCUT2D eigenvalue weighted by molar-refractivity contribution is -0.124. The Labute approximate surface area is 96.9 Å². The fourth-order valence-electron chi connectivity index (χ4n) is 2.21. The lowest BCUT2D eigenvalue weighted by Gasteiger charge is -2.28. The van der Waals surface area contributed by atoms with Gasteiger partial charge in [-0.25, -0.2) is 0 Å². The van der Waals surface area contributed by atoms with Crippen LogP contribution in [0.4, 0.5) is 0 Å². The van der Waals surface area contributed by atoms with Gasteiger partial charge in [-0.15, -0.1) is 6.58 Å². The summed E-state index contributed by atoms with van der Waals surface area (Å²) in [5, 5.41) is 12.8. The molecule has 0 spiro atoms. The van der Waals surface area contributed by atoms with E-state index in [0.29, 0.717) is 13.0 Å². The third-order valence-electron chi connectivity index (χ3n) is 3.31. The summed E-state index contributed by atoms with van der Waals surface area (Å²) in [5.41, 5.74) is 4.85. The highest BCUT2D eigenvalue weighted by molar-refractivity contribution is 5.85. The van der Waals surface area contributed by atoms with E-state index in [4.69, 9.17) is 5.73 Å². The molecule has 1 fully saturated rings. The van der Waals surface area contributed by atoms with Gasteiger partial charge < -0.3 is 16.2 Å². The summed E-state index contributed by atoms with van der Waals surface area (Å²) in [6.07, 6.45) is 6.43. The molecule has 4 nitrogen and oxygen atoms in total. The number of aliphatic hydroxyl groups excluding tert-OH is 1. The van der Waals surface area contributed by atoms with Crippen LogP contribution in [0.25, 0.3) is 0 Å². The predicted molar refractivity (Wildman–Crippen MR) is 63.8 cm³/mol. The SMILES string of the molecule is C=CCCC(O)CNC1(C(N)=O)CCCC1. The highest BCUT2D eigenvalue weighted by atomic mass is 16.3. The molecule has 4 N–H and O–H groups in total. The Morgan fingerprint density at radius 1 is 1.56 bits per heavy atom. The summed E-state index contributed by atoms with van der Waals surface area (Å²) in [6, 6.07) is 0. The Morgan fingerprint density at radius 3 is 2.69 bits per heavy atom. The number of nitrogens with one attached hydrogen (secondary N) is 1. The largest absolute Gasteiger partial charge is 0.392 e. The van der Waals surface area contributed by atoms with Crippen LogP contribution >= 0.6 is 0 Å². The summed E-state index contributed by atoms with van der Waals surface area (Å²) < 4.78 is 0. The van der Waals surface area contributed by atoms with Gasteiger partial charge in [-0.1, -0.05) is 18.9 Å². The molecule has 1 saturated carbocycles. The Morgan fingerprint density at radius 2 is 2.19 bits per heavy atom. The summed E-state index contributed by atoms with van der Waals surface area (Å²) in [7, 11) is 0. The van der Waals surface area contributed by atoms with E-state index in [0.717, 1.165) is 32.1 Å². The van der Waals surface area contributed by atoms with E-state index in [2.05, 4.69) is 11.9 Å². The van der Waals surface area contributed by atoms with Gasteiger partial charge in [-0.2, -0.15) is 0 Å². The Hall–Kier alpha value is -0.870. The normalized spacial score (nSPS) is 20.6. The maximum absolute atomic E-state index is 11.4. The molecule has 0 aromatic rings. The minimum Gasteiger partial charge on any atom is -0.392 e. The van der Waals surface area contributed by atoms with Crippen LogP contribution in [0.5, 0.6) is 0 Å². The van der Waals surface area contributed by atoms with Crippen molar-refractivity contribution in [3.63, 3.8) is 0 Å². The average Bonchev–Trinajstić information content (AvgIpc) is 2.73. The summed E-state index contributed by atoms with van der Waals surface area (Å²) >= 11 is 0. The minimum atomic E-state index is -0.574. The van der Waals surface area contributed by atoms with Crippen molar-refractivity contribution in [1.29, 1.82) is 0 Å². The quantitative estimate of drug-likeness (QED) is 0.559. The second-order valence-corrected chi connectivity index (χ2v) is 4.55. The standard InChI is InChI=1S/C12H22N2O2/c1-2-3-6-10(15)9-14-12(11(13)16)7-4-5-8-12/h2,10,14-15H,1,3-9H2,(H2,13,16). The fourth-order valence-corrected chi connectivity index (χ4v) is 2.21. The molecule has 1 amide bonds. The number of carbonyl (C=O) groups excluding carboxylic acids is 1. The third-order valence-corrected chi connectivity index (χ3v) is 3.31. The number of hydrogen-bond acceptors (Lipinski definition) is 3. The zero-order valence-electron chi connectivity index (χ0n) is 9.74. The van der Waals surface area contributed by atoms with Gasteiger partial charge in [-0.05, 0) is 25.7 Å². The number of nitrogens with two attached hydrogens (primary N) is 1. The molecule has 92 valence electrons. The lowest BCUT2D eigenvalue weighted by Crippen LogP contribution is -2.55. The number of allylic oxidation sites excluding steroid dienone is 1. The van der Waals surface area contributed by atoms with Gasteiger partial charge in [-0.3, -0.25) is 4.79 Å². The highest BCUT2D eigenvalue weighted by Gasteiger charge is 2.39. The minimum absolute atomic E-state index is 0.291. The number of aliphatic hydroxyl groups is 1. The van der Waals surface area contributed by atoms with Crippen molar-refractivity contribution >= 4 is 5.91 Å². The molecule has 1 rings (SSSR count). The Balaban J connectivity index is 2.38. The number of carbonyl (C=O) groups is 1. The first kappa shape index (κ1) is 13.2. The zero-order valence-corrected chi connectivity index (χ0v) is 9.74. The van der Waals surface area contributed by atoms with Crippen molar-refractivity contribution in [2.75, 3.05) is 6.54 Å². The van der Waals surface area contributed by atoms with Crippen molar-refractivity contribution in [1.82, 2.24) is 5.32 Å². The molecular weight excluding hydrogens is 204 g/mol. The molecule has 4 heteroatoms. The molecule has 1 aliphatic carbocycles. The molecule has 0 heterocycles. The summed E-state index contributed by atoms with van der Waals surface area (Å²) in [5.74, 6) is -0.291. The molecule has 0 saturated heterocycles. The van der Waals surface area contributed by atoms with Crippen LogP contribution in [-0.4, -0.2) is 29.2 Å². The average molecular weight is 226 g/mol. The second kappa shape index (κ2) is 6.01. The number of rotatable bonds is 7. The predicted octanol–water partition coefficient (Wildman–Crippen LogP) is 0.701. The molecular formula is C12H22N2O2. The first-order valence-corrected chi connectivity index (χ1v) is 5.94. The number of hydrogen-bond donors (Lipinski definition) is 3. The molecule has 0 aliphatic heterocycles. The maximum Gasteiger partial charge on any atom is 0.237 e. The van der Waals surface area contributed by atoms with E-state index < -0.39 is 11.6 Å². The smallest absolute Gasteiger partial charge is 0.237 e. The van der Waals surface area contributed by atoms with E-state index in [-0.39, 0.29) is 5.91 Å². The van der Waals surface area contributed by atoms with Gasteiger partial charge >= 0.3 is 0 Å². The highest BCUT2D eigenvalue weighted by Crippen LogP contribution is 2.29. The van der Waals surface area contributed by atoms with Crippen LogP contribution in [0.2, 0.25) is 0 Å². The monoisotopic (exact) mass is 226 g/mol. The molecule has 1 atom stereocenters. The van der Waals surface area contributed by atoms with Crippen LogP contribution in [0, 0.1) is 0 Å². The van der Waals surface area contributed by atoms with Crippen LogP contribution < -0.4 is 11.1 Å². The molecule has 0 aromatic carbocycles. The third kappa shape index (κ3) is 3.32. The lowest BCUT2D eigenvalue weighted by atomic mass is 9.96. The molecule has 16 heavy (non-hydrogen) atoms. The van der Waals surface area contributed by atoms with Crippen LogP contribution in [0.1, 0.15) is 38.5 Å². The van der Waals surface area contributed by atoms with Crippen molar-refractivity contribution in [3.8, 4) is 0 Å². The van der Waals surface area contributed by atoms with E-state index in [1.807, 2.05) is 0 Å². The first-order valence-electron chi connectivity index (χ1n) is 5.94. The second-order valence-electron chi connectivity index (χ2n) is 4.55. The van der Waals surface area contributed by atoms with Crippen molar-refractivity contribution in [2.24, 2.45) is 5.73 Å².